The number of aliphatic hydroxyl groups is 2. The summed E-state index contributed by atoms with van der Waals surface area (Å²) in [7, 11) is 0. The minimum absolute atomic E-state index is 0.00778. The van der Waals surface area contributed by atoms with Crippen LogP contribution in [0.25, 0.3) is 0 Å². The third kappa shape index (κ3) is 3.54. The first-order valence-electron chi connectivity index (χ1n) is 10.3. The third-order valence-corrected chi connectivity index (χ3v) is 6.95. The van der Waals surface area contributed by atoms with Gasteiger partial charge >= 0.3 is 11.9 Å². The molecule has 1 saturated heterocycles. The van der Waals surface area contributed by atoms with Gasteiger partial charge in [-0.25, -0.2) is 9.59 Å². The minimum atomic E-state index is -1.70. The first-order valence-corrected chi connectivity index (χ1v) is 10.3. The minimum Gasteiger partial charge on any atom is -0.459 e. The topological polar surface area (TPSA) is 110 Å². The maximum atomic E-state index is 12.5. The summed E-state index contributed by atoms with van der Waals surface area (Å²) in [4.78, 5) is 36.3. The number of rotatable bonds is 5. The van der Waals surface area contributed by atoms with E-state index in [0.717, 1.165) is 12.8 Å². The Hall–Kier alpha value is -2.25. The van der Waals surface area contributed by atoms with Crippen LogP contribution < -0.4 is 0 Å². The van der Waals surface area contributed by atoms with Gasteiger partial charge in [0, 0.05) is 23.0 Å². The molecule has 0 bridgehead atoms. The summed E-state index contributed by atoms with van der Waals surface area (Å²) < 4.78 is 10.9. The number of fused-ring (bicyclic) bond motifs is 3. The van der Waals surface area contributed by atoms with Gasteiger partial charge < -0.3 is 19.7 Å². The fourth-order valence-corrected chi connectivity index (χ4v) is 5.54. The molecule has 1 saturated carbocycles. The summed E-state index contributed by atoms with van der Waals surface area (Å²) in [6.45, 7) is 7.38. The lowest BCUT2D eigenvalue weighted by molar-refractivity contribution is -0.194. The summed E-state index contributed by atoms with van der Waals surface area (Å²) in [5.41, 5.74) is -2.33. The molecule has 30 heavy (non-hydrogen) atoms. The highest BCUT2D eigenvalue weighted by Gasteiger charge is 2.69. The number of carbonyl (C=O) groups excluding carboxylic acids is 3. The summed E-state index contributed by atoms with van der Waals surface area (Å²) >= 11 is 0. The molecule has 2 N–H and O–H groups in total. The van der Waals surface area contributed by atoms with Crippen LogP contribution in [0.2, 0.25) is 0 Å². The van der Waals surface area contributed by atoms with Gasteiger partial charge in [0.2, 0.25) is 0 Å². The van der Waals surface area contributed by atoms with Crippen LogP contribution in [0.5, 0.6) is 0 Å². The van der Waals surface area contributed by atoms with Crippen LogP contribution >= 0.6 is 0 Å². The second-order valence-corrected chi connectivity index (χ2v) is 9.41. The molecule has 0 aromatic heterocycles. The van der Waals surface area contributed by atoms with Crippen molar-refractivity contribution in [2.45, 2.75) is 64.8 Å². The van der Waals surface area contributed by atoms with Gasteiger partial charge in [-0.05, 0) is 37.3 Å². The monoisotopic (exact) mass is 418 g/mol. The van der Waals surface area contributed by atoms with Crippen molar-refractivity contribution in [3.63, 3.8) is 0 Å². The van der Waals surface area contributed by atoms with Crippen LogP contribution in [-0.2, 0) is 23.9 Å². The van der Waals surface area contributed by atoms with Gasteiger partial charge in [0.05, 0.1) is 0 Å². The van der Waals surface area contributed by atoms with E-state index in [1.807, 2.05) is 6.92 Å². The zero-order chi connectivity index (χ0) is 22.3. The van der Waals surface area contributed by atoms with Crippen molar-refractivity contribution in [2.24, 2.45) is 16.7 Å². The van der Waals surface area contributed by atoms with Gasteiger partial charge in [0.25, 0.3) is 0 Å². The standard InChI is InChI=1S/C23H30O7/c1-14(24)16(25)8-5-6-9-18(26)30-17-12-15-13-29-20(27)23(15,28)22(4)11-7-10-21(2,3)19(17)22/h5-6,8-9,12,14,17,19,24,28H,7,10-11,13H2,1-4H3/b8-5+,9-6+/t14-,17-,19+,22+,23+/m1/s1. The molecule has 5 atom stereocenters. The number of hydrogen-bond donors (Lipinski definition) is 2. The second kappa shape index (κ2) is 7.78. The normalized spacial score (nSPS) is 36.1. The van der Waals surface area contributed by atoms with E-state index in [1.165, 1.54) is 31.2 Å². The molecule has 2 aliphatic carbocycles. The number of ether oxygens (including phenoxy) is 2. The van der Waals surface area contributed by atoms with Crippen LogP contribution in [0, 0.1) is 16.7 Å². The fourth-order valence-electron chi connectivity index (χ4n) is 5.54. The van der Waals surface area contributed by atoms with E-state index in [2.05, 4.69) is 13.8 Å². The number of allylic oxidation sites excluding steroid dienone is 2. The number of carbonyl (C=O) groups is 3. The number of ketones is 1. The van der Waals surface area contributed by atoms with Crippen LogP contribution in [0.15, 0.2) is 36.0 Å². The van der Waals surface area contributed by atoms with Crippen molar-refractivity contribution in [1.82, 2.24) is 0 Å². The molecular formula is C23H30O7. The number of esters is 2. The highest BCUT2D eigenvalue weighted by atomic mass is 16.6. The Morgan fingerprint density at radius 2 is 1.90 bits per heavy atom. The van der Waals surface area contributed by atoms with E-state index in [9.17, 15) is 19.5 Å². The van der Waals surface area contributed by atoms with E-state index in [1.54, 1.807) is 6.08 Å². The quantitative estimate of drug-likeness (QED) is 0.304. The first-order chi connectivity index (χ1) is 13.9. The van der Waals surface area contributed by atoms with Gasteiger partial charge in [-0.3, -0.25) is 4.79 Å². The number of cyclic esters (lactones) is 1. The van der Waals surface area contributed by atoms with Gasteiger partial charge in [-0.1, -0.05) is 39.3 Å². The van der Waals surface area contributed by atoms with Crippen molar-refractivity contribution < 1.29 is 34.1 Å². The molecule has 1 aliphatic heterocycles. The molecule has 0 radical (unpaired) electrons. The molecule has 3 aliphatic rings. The van der Waals surface area contributed by atoms with Crippen LogP contribution in [0.1, 0.15) is 47.0 Å². The molecule has 0 amide bonds. The Labute approximate surface area is 176 Å². The van der Waals surface area contributed by atoms with Crippen molar-refractivity contribution in [3.05, 3.63) is 36.0 Å². The van der Waals surface area contributed by atoms with Crippen LogP contribution in [0.4, 0.5) is 0 Å². The first kappa shape index (κ1) is 22.4. The van der Waals surface area contributed by atoms with E-state index in [4.69, 9.17) is 14.6 Å². The molecule has 0 aromatic carbocycles. The zero-order valence-electron chi connectivity index (χ0n) is 17.9. The molecule has 0 unspecified atom stereocenters. The van der Waals surface area contributed by atoms with Crippen LogP contribution in [0.3, 0.4) is 0 Å². The Kier molecular flexibility index (Phi) is 5.82. The Morgan fingerprint density at radius 1 is 1.23 bits per heavy atom. The van der Waals surface area contributed by atoms with Crippen molar-refractivity contribution in [1.29, 1.82) is 0 Å². The zero-order valence-corrected chi connectivity index (χ0v) is 17.9. The van der Waals surface area contributed by atoms with Crippen molar-refractivity contribution >= 4 is 17.7 Å². The molecule has 1 heterocycles. The Balaban J connectivity index is 1.87. The second-order valence-electron chi connectivity index (χ2n) is 9.41. The van der Waals surface area contributed by atoms with Gasteiger partial charge in [0.1, 0.15) is 18.8 Å². The predicted molar refractivity (Wildman–Crippen MR) is 108 cm³/mol. The fraction of sp³-hybridized carbons (Fsp3) is 0.609. The highest BCUT2D eigenvalue weighted by molar-refractivity contribution is 5.93. The molecule has 7 nitrogen and oxygen atoms in total. The maximum absolute atomic E-state index is 12.5. The lowest BCUT2D eigenvalue weighted by Crippen LogP contribution is -2.65. The SMILES string of the molecule is C[C@@H](O)C(=O)/C=C/C=C/C(=O)O[C@@H]1C=C2COC(=O)[C@]2(O)[C@@]2(C)CCCC(C)(C)[C@H]12. The molecule has 7 heteroatoms. The average Bonchev–Trinajstić information content (AvgIpc) is 2.94. The van der Waals surface area contributed by atoms with E-state index in [-0.39, 0.29) is 17.9 Å². The van der Waals surface area contributed by atoms with Crippen LogP contribution in [-0.4, -0.2) is 52.4 Å². The summed E-state index contributed by atoms with van der Waals surface area (Å²) in [5.74, 6) is -1.96. The predicted octanol–water partition coefficient (Wildman–Crippen LogP) is 2.02. The lowest BCUT2D eigenvalue weighted by Gasteiger charge is -2.59. The van der Waals surface area contributed by atoms with E-state index in [0.29, 0.717) is 12.0 Å². The van der Waals surface area contributed by atoms with E-state index < -0.39 is 40.9 Å². The lowest BCUT2D eigenvalue weighted by atomic mass is 9.46. The van der Waals surface area contributed by atoms with Gasteiger partial charge in [0.15, 0.2) is 11.4 Å². The summed E-state index contributed by atoms with van der Waals surface area (Å²) in [6, 6.07) is 0. The number of aliphatic hydroxyl groups excluding tert-OH is 1. The number of hydrogen-bond acceptors (Lipinski definition) is 7. The van der Waals surface area contributed by atoms with Gasteiger partial charge in [-0.15, -0.1) is 0 Å². The van der Waals surface area contributed by atoms with Crippen molar-refractivity contribution in [3.8, 4) is 0 Å². The molecule has 0 spiro atoms. The molecule has 3 rings (SSSR count). The van der Waals surface area contributed by atoms with Crippen molar-refractivity contribution in [2.75, 3.05) is 6.61 Å². The molecular weight excluding hydrogens is 388 g/mol. The maximum Gasteiger partial charge on any atom is 0.343 e. The highest BCUT2D eigenvalue weighted by Crippen LogP contribution is 2.63. The average molecular weight is 418 g/mol. The Morgan fingerprint density at radius 3 is 2.57 bits per heavy atom. The van der Waals surface area contributed by atoms with E-state index >= 15 is 0 Å². The largest absolute Gasteiger partial charge is 0.459 e. The summed E-state index contributed by atoms with van der Waals surface area (Å²) in [6.07, 6.45) is 7.44. The molecule has 0 aromatic rings. The third-order valence-electron chi connectivity index (χ3n) is 6.95. The Bertz CT molecular complexity index is 834. The molecule has 2 fully saturated rings. The molecule has 164 valence electrons. The summed E-state index contributed by atoms with van der Waals surface area (Å²) in [5, 5.41) is 20.6. The smallest absolute Gasteiger partial charge is 0.343 e. The van der Waals surface area contributed by atoms with Gasteiger partial charge in [-0.2, -0.15) is 0 Å².